The minimum absolute atomic E-state index is 0.0460. The van der Waals surface area contributed by atoms with Crippen molar-refractivity contribution in [3.05, 3.63) is 0 Å². The normalized spacial score (nSPS) is 49.2. The first-order chi connectivity index (χ1) is 17.6. The monoisotopic (exact) mass is 546 g/mol. The SMILES string of the molecule is COC[C@H]1O[C@@H](O)[C@H](OC)[C@@H](OC)[C@@H]1O[C@@H]1O[C@H](CO)[C@@H](O[C@H]2O[C@H](CO)[C@@H](O)[C@H](O)[C@H]2O)[C@H](O)[C@H]1O. The highest BCUT2D eigenvalue weighted by atomic mass is 16.8. The predicted molar refractivity (Wildman–Crippen MR) is 116 cm³/mol. The molecule has 3 aliphatic heterocycles. The topological polar surface area (TPSA) is 236 Å². The van der Waals surface area contributed by atoms with Crippen LogP contribution in [0.1, 0.15) is 0 Å². The summed E-state index contributed by atoms with van der Waals surface area (Å²) >= 11 is 0. The zero-order chi connectivity index (χ0) is 27.4. The summed E-state index contributed by atoms with van der Waals surface area (Å²) in [6.07, 6.45) is -21.2. The highest BCUT2D eigenvalue weighted by Crippen LogP contribution is 2.33. The van der Waals surface area contributed by atoms with Crippen LogP contribution >= 0.6 is 0 Å². The van der Waals surface area contributed by atoms with Crippen molar-refractivity contribution in [2.24, 2.45) is 0 Å². The number of hydrogen-bond donors (Lipinski definition) is 8. The lowest BCUT2D eigenvalue weighted by Crippen LogP contribution is -2.66. The summed E-state index contributed by atoms with van der Waals surface area (Å²) in [5, 5.41) is 81.4. The van der Waals surface area contributed by atoms with E-state index in [9.17, 15) is 40.9 Å². The predicted octanol–water partition coefficient (Wildman–Crippen LogP) is -5.61. The van der Waals surface area contributed by atoms with Gasteiger partial charge < -0.3 is 78.7 Å². The average Bonchev–Trinajstić information content (AvgIpc) is 2.89. The summed E-state index contributed by atoms with van der Waals surface area (Å²) in [7, 11) is 4.08. The van der Waals surface area contributed by atoms with E-state index in [2.05, 4.69) is 0 Å². The molecule has 0 bridgehead atoms. The average molecular weight is 547 g/mol. The zero-order valence-corrected chi connectivity index (χ0v) is 20.6. The van der Waals surface area contributed by atoms with Crippen LogP contribution in [0.15, 0.2) is 0 Å². The maximum Gasteiger partial charge on any atom is 0.187 e. The third-order valence-electron chi connectivity index (χ3n) is 6.74. The van der Waals surface area contributed by atoms with Crippen LogP contribution in [-0.4, -0.2) is 174 Å². The molecule has 0 radical (unpaired) electrons. The first-order valence-corrected chi connectivity index (χ1v) is 11.7. The van der Waals surface area contributed by atoms with Gasteiger partial charge in [0.05, 0.1) is 19.8 Å². The van der Waals surface area contributed by atoms with E-state index in [1.54, 1.807) is 0 Å². The van der Waals surface area contributed by atoms with Crippen molar-refractivity contribution >= 4 is 0 Å². The van der Waals surface area contributed by atoms with Crippen LogP contribution in [0, 0.1) is 0 Å². The summed E-state index contributed by atoms with van der Waals surface area (Å²) in [5.41, 5.74) is 0. The van der Waals surface area contributed by atoms with Gasteiger partial charge in [-0.05, 0) is 0 Å². The van der Waals surface area contributed by atoms with Gasteiger partial charge in [-0.3, -0.25) is 0 Å². The standard InChI is InChI=1S/C21H38O16/c1-30-6-9-16(17(31-2)18(32-3)19(29)33-9)37-21-14(28)12(26)15(8(5-23)35-21)36-20-13(27)11(25)10(24)7(4-22)34-20/h7-29H,4-6H2,1-3H3/t7-,8-,9-,10-,11+,12-,13-,14-,15-,16-,17+,18-,19-,20-,21+/m1/s1. The van der Waals surface area contributed by atoms with Gasteiger partial charge in [0.25, 0.3) is 0 Å². The molecular formula is C21H38O16. The van der Waals surface area contributed by atoms with E-state index in [0.29, 0.717) is 0 Å². The Balaban J connectivity index is 1.76. The zero-order valence-electron chi connectivity index (χ0n) is 20.6. The molecule has 37 heavy (non-hydrogen) atoms. The van der Waals surface area contributed by atoms with E-state index in [4.69, 9.17) is 37.9 Å². The molecule has 0 aromatic heterocycles. The van der Waals surface area contributed by atoms with Crippen LogP contribution in [-0.2, 0) is 37.9 Å². The van der Waals surface area contributed by atoms with Crippen molar-refractivity contribution in [2.45, 2.75) is 92.1 Å². The molecule has 3 saturated heterocycles. The fraction of sp³-hybridized carbons (Fsp3) is 1.00. The van der Waals surface area contributed by atoms with E-state index in [1.165, 1.54) is 21.3 Å². The van der Waals surface area contributed by atoms with Crippen molar-refractivity contribution in [3.8, 4) is 0 Å². The van der Waals surface area contributed by atoms with Gasteiger partial charge in [0.1, 0.15) is 73.2 Å². The largest absolute Gasteiger partial charge is 0.394 e. The minimum atomic E-state index is -1.79. The molecule has 3 fully saturated rings. The molecule has 15 atom stereocenters. The molecule has 3 aliphatic rings. The Bertz CT molecular complexity index is 683. The second kappa shape index (κ2) is 13.6. The molecule has 218 valence electrons. The Labute approximate surface area is 212 Å². The molecule has 16 nitrogen and oxygen atoms in total. The van der Waals surface area contributed by atoms with Crippen LogP contribution in [0.5, 0.6) is 0 Å². The Morgan fingerprint density at radius 2 is 1.08 bits per heavy atom. The van der Waals surface area contributed by atoms with Gasteiger partial charge in [0.2, 0.25) is 0 Å². The number of ether oxygens (including phenoxy) is 8. The number of rotatable bonds is 10. The van der Waals surface area contributed by atoms with Gasteiger partial charge in [0.15, 0.2) is 18.9 Å². The second-order valence-corrected chi connectivity index (χ2v) is 9.03. The van der Waals surface area contributed by atoms with E-state index >= 15 is 0 Å². The Kier molecular flexibility index (Phi) is 11.4. The van der Waals surface area contributed by atoms with Crippen LogP contribution in [0.4, 0.5) is 0 Å². The number of aliphatic hydroxyl groups excluding tert-OH is 8. The van der Waals surface area contributed by atoms with Crippen molar-refractivity contribution < 1.29 is 78.7 Å². The fourth-order valence-corrected chi connectivity index (χ4v) is 4.70. The molecule has 3 rings (SSSR count). The summed E-state index contributed by atoms with van der Waals surface area (Å²) in [6, 6.07) is 0. The summed E-state index contributed by atoms with van der Waals surface area (Å²) < 4.78 is 43.8. The van der Waals surface area contributed by atoms with Crippen molar-refractivity contribution in [2.75, 3.05) is 41.2 Å². The van der Waals surface area contributed by atoms with Gasteiger partial charge in [-0.25, -0.2) is 0 Å². The smallest absolute Gasteiger partial charge is 0.187 e. The number of methoxy groups -OCH3 is 3. The van der Waals surface area contributed by atoms with Crippen LogP contribution in [0.2, 0.25) is 0 Å². The number of hydrogen-bond acceptors (Lipinski definition) is 16. The van der Waals surface area contributed by atoms with Crippen molar-refractivity contribution in [1.29, 1.82) is 0 Å². The van der Waals surface area contributed by atoms with Gasteiger partial charge in [-0.2, -0.15) is 0 Å². The van der Waals surface area contributed by atoms with E-state index in [1.807, 2.05) is 0 Å². The van der Waals surface area contributed by atoms with Gasteiger partial charge >= 0.3 is 0 Å². The number of aliphatic hydroxyl groups is 8. The van der Waals surface area contributed by atoms with Crippen LogP contribution in [0.3, 0.4) is 0 Å². The molecule has 0 spiro atoms. The molecule has 0 aliphatic carbocycles. The summed E-state index contributed by atoms with van der Waals surface area (Å²) in [5.74, 6) is 0. The van der Waals surface area contributed by atoms with Crippen LogP contribution in [0.25, 0.3) is 0 Å². The van der Waals surface area contributed by atoms with Crippen LogP contribution < -0.4 is 0 Å². The maximum atomic E-state index is 10.8. The Morgan fingerprint density at radius 1 is 0.541 bits per heavy atom. The lowest BCUT2D eigenvalue weighted by molar-refractivity contribution is -0.379. The van der Waals surface area contributed by atoms with Gasteiger partial charge in [0, 0.05) is 21.3 Å². The molecule has 0 saturated carbocycles. The molecule has 0 unspecified atom stereocenters. The molecule has 8 N–H and O–H groups in total. The van der Waals surface area contributed by atoms with E-state index in [0.717, 1.165) is 0 Å². The van der Waals surface area contributed by atoms with Crippen molar-refractivity contribution in [3.63, 3.8) is 0 Å². The molecular weight excluding hydrogens is 508 g/mol. The summed E-state index contributed by atoms with van der Waals surface area (Å²) in [6.45, 7) is -1.49. The molecule has 0 aromatic rings. The maximum absolute atomic E-state index is 10.8. The van der Waals surface area contributed by atoms with E-state index < -0.39 is 105 Å². The quantitative estimate of drug-likeness (QED) is 0.127. The lowest BCUT2D eigenvalue weighted by atomic mass is 9.96. The second-order valence-electron chi connectivity index (χ2n) is 9.03. The Hall–Kier alpha value is -0.640. The van der Waals surface area contributed by atoms with Crippen molar-refractivity contribution in [1.82, 2.24) is 0 Å². The third-order valence-corrected chi connectivity index (χ3v) is 6.74. The first-order valence-electron chi connectivity index (χ1n) is 11.7. The first kappa shape index (κ1) is 30.9. The molecule has 0 aromatic carbocycles. The van der Waals surface area contributed by atoms with E-state index in [-0.39, 0.29) is 6.61 Å². The third kappa shape index (κ3) is 6.41. The highest BCUT2D eigenvalue weighted by molar-refractivity contribution is 4.96. The molecule has 16 heteroatoms. The highest BCUT2D eigenvalue weighted by Gasteiger charge is 2.53. The summed E-state index contributed by atoms with van der Waals surface area (Å²) in [4.78, 5) is 0. The Morgan fingerprint density at radius 3 is 1.62 bits per heavy atom. The fourth-order valence-electron chi connectivity index (χ4n) is 4.70. The lowest BCUT2D eigenvalue weighted by Gasteiger charge is -2.48. The minimum Gasteiger partial charge on any atom is -0.394 e. The van der Waals surface area contributed by atoms with Gasteiger partial charge in [-0.15, -0.1) is 0 Å². The molecule has 0 amide bonds. The molecule has 3 heterocycles. The van der Waals surface area contributed by atoms with Gasteiger partial charge in [-0.1, -0.05) is 0 Å².